The summed E-state index contributed by atoms with van der Waals surface area (Å²) in [5.41, 5.74) is 0.793. The van der Waals surface area contributed by atoms with E-state index in [2.05, 4.69) is 15.5 Å². The van der Waals surface area contributed by atoms with Crippen molar-refractivity contribution in [3.8, 4) is 0 Å². The number of nitrogens with zero attached hydrogens (tertiary/aromatic N) is 1. The second-order valence-corrected chi connectivity index (χ2v) is 4.29. The molecule has 6 nitrogen and oxygen atoms in total. The predicted molar refractivity (Wildman–Crippen MR) is 63.4 cm³/mol. The quantitative estimate of drug-likeness (QED) is 0.684. The zero-order valence-electron chi connectivity index (χ0n) is 9.80. The highest BCUT2D eigenvalue weighted by atomic mass is 16.4. The van der Waals surface area contributed by atoms with E-state index in [1.54, 1.807) is 12.3 Å². The molecule has 3 N–H and O–H groups in total. The Morgan fingerprint density at radius 2 is 2.11 bits per heavy atom. The van der Waals surface area contributed by atoms with Crippen molar-refractivity contribution >= 4 is 11.9 Å². The summed E-state index contributed by atoms with van der Waals surface area (Å²) in [6.07, 6.45) is 6.17. The molecule has 1 amide bonds. The molecule has 18 heavy (non-hydrogen) atoms. The summed E-state index contributed by atoms with van der Waals surface area (Å²) in [6, 6.07) is 1.76. The van der Waals surface area contributed by atoms with E-state index in [-0.39, 0.29) is 5.91 Å². The third-order valence-corrected chi connectivity index (χ3v) is 3.10. The molecule has 1 aliphatic rings. The van der Waals surface area contributed by atoms with Gasteiger partial charge in [0.25, 0.3) is 0 Å². The van der Waals surface area contributed by atoms with Crippen LogP contribution in [-0.2, 0) is 16.1 Å². The third-order valence-electron chi connectivity index (χ3n) is 3.10. The molecule has 1 aromatic heterocycles. The van der Waals surface area contributed by atoms with Crippen molar-refractivity contribution < 1.29 is 14.7 Å². The zero-order chi connectivity index (χ0) is 13.0. The number of aromatic nitrogens is 2. The Labute approximate surface area is 104 Å². The number of hydrogen-bond acceptors (Lipinski definition) is 3. The van der Waals surface area contributed by atoms with Crippen LogP contribution < -0.4 is 5.32 Å². The fourth-order valence-electron chi connectivity index (χ4n) is 2.07. The van der Waals surface area contributed by atoms with Crippen LogP contribution >= 0.6 is 0 Å². The van der Waals surface area contributed by atoms with Crippen LogP contribution in [0, 0.1) is 11.8 Å². The van der Waals surface area contributed by atoms with Crippen molar-refractivity contribution in [1.29, 1.82) is 0 Å². The van der Waals surface area contributed by atoms with Crippen molar-refractivity contribution in [3.63, 3.8) is 0 Å². The highest BCUT2D eigenvalue weighted by Crippen LogP contribution is 2.26. The molecule has 6 heteroatoms. The summed E-state index contributed by atoms with van der Waals surface area (Å²) in [5, 5.41) is 18.3. The predicted octanol–water partition coefficient (Wildman–Crippen LogP) is 0.693. The highest BCUT2D eigenvalue weighted by molar-refractivity contribution is 5.85. The van der Waals surface area contributed by atoms with Crippen molar-refractivity contribution in [2.24, 2.45) is 11.8 Å². The van der Waals surface area contributed by atoms with Gasteiger partial charge in [-0.05, 0) is 18.9 Å². The maximum Gasteiger partial charge on any atom is 0.307 e. The van der Waals surface area contributed by atoms with Gasteiger partial charge in [-0.15, -0.1) is 0 Å². The Morgan fingerprint density at radius 1 is 1.39 bits per heavy atom. The number of carboxylic acids is 1. The van der Waals surface area contributed by atoms with E-state index in [1.807, 2.05) is 12.2 Å². The number of H-pyrrole nitrogens is 1. The Kier molecular flexibility index (Phi) is 3.76. The molecule has 1 aromatic rings. The van der Waals surface area contributed by atoms with E-state index < -0.39 is 17.8 Å². The fraction of sp³-hybridized carbons (Fsp3) is 0.417. The standard InChI is InChI=1S/C12H15N3O3/c16-11(13-7-8-5-6-14-15-8)9-3-1-2-4-10(9)12(17)18/h1-2,5-6,9-10H,3-4,7H2,(H,13,16)(H,14,15)(H,17,18). The van der Waals surface area contributed by atoms with Gasteiger partial charge in [0.15, 0.2) is 0 Å². The average Bonchev–Trinajstić information content (AvgIpc) is 2.89. The molecule has 0 fully saturated rings. The van der Waals surface area contributed by atoms with E-state index in [9.17, 15) is 9.59 Å². The van der Waals surface area contributed by atoms with Crippen molar-refractivity contribution in [2.75, 3.05) is 0 Å². The van der Waals surface area contributed by atoms with E-state index in [0.29, 0.717) is 19.4 Å². The van der Waals surface area contributed by atoms with E-state index >= 15 is 0 Å². The first-order valence-electron chi connectivity index (χ1n) is 5.82. The monoisotopic (exact) mass is 249 g/mol. The number of nitrogens with one attached hydrogen (secondary N) is 2. The average molecular weight is 249 g/mol. The molecule has 2 rings (SSSR count). The van der Waals surface area contributed by atoms with Gasteiger partial charge in [-0.25, -0.2) is 0 Å². The Hall–Kier alpha value is -2.11. The van der Waals surface area contributed by atoms with Crippen LogP contribution in [0.25, 0.3) is 0 Å². The number of rotatable bonds is 4. The molecule has 0 aromatic carbocycles. The maximum absolute atomic E-state index is 12.0. The fourth-order valence-corrected chi connectivity index (χ4v) is 2.07. The van der Waals surface area contributed by atoms with Gasteiger partial charge in [0.1, 0.15) is 0 Å². The van der Waals surface area contributed by atoms with Gasteiger partial charge in [-0.3, -0.25) is 14.7 Å². The molecule has 0 bridgehead atoms. The summed E-state index contributed by atoms with van der Waals surface area (Å²) in [6.45, 7) is 0.339. The summed E-state index contributed by atoms with van der Waals surface area (Å²) in [5.74, 6) is -2.26. The largest absolute Gasteiger partial charge is 0.481 e. The van der Waals surface area contributed by atoms with Crippen LogP contribution in [0.5, 0.6) is 0 Å². The van der Waals surface area contributed by atoms with Crippen LogP contribution in [0.15, 0.2) is 24.4 Å². The molecule has 2 atom stereocenters. The Morgan fingerprint density at radius 3 is 2.72 bits per heavy atom. The lowest BCUT2D eigenvalue weighted by Crippen LogP contribution is -2.38. The highest BCUT2D eigenvalue weighted by Gasteiger charge is 2.33. The number of carboxylic acid groups (broad SMARTS) is 1. The van der Waals surface area contributed by atoms with Gasteiger partial charge >= 0.3 is 5.97 Å². The molecule has 2 unspecified atom stereocenters. The van der Waals surface area contributed by atoms with Crippen LogP contribution in [0.4, 0.5) is 0 Å². The van der Waals surface area contributed by atoms with E-state index in [1.165, 1.54) is 0 Å². The topological polar surface area (TPSA) is 95.1 Å². The minimum absolute atomic E-state index is 0.221. The Bertz CT molecular complexity index is 453. The summed E-state index contributed by atoms with van der Waals surface area (Å²) >= 11 is 0. The third kappa shape index (κ3) is 2.77. The normalized spacial score (nSPS) is 22.7. The van der Waals surface area contributed by atoms with Gasteiger partial charge in [0.05, 0.1) is 24.1 Å². The molecule has 0 radical (unpaired) electrons. The molecule has 1 heterocycles. The summed E-state index contributed by atoms with van der Waals surface area (Å²) < 4.78 is 0. The summed E-state index contributed by atoms with van der Waals surface area (Å²) in [7, 11) is 0. The molecule has 96 valence electrons. The lowest BCUT2D eigenvalue weighted by atomic mass is 9.82. The SMILES string of the molecule is O=C(O)C1CC=CCC1C(=O)NCc1ccn[nH]1. The number of amides is 1. The molecule has 0 saturated carbocycles. The first-order chi connectivity index (χ1) is 8.68. The first-order valence-corrected chi connectivity index (χ1v) is 5.82. The number of carbonyl (C=O) groups is 2. The van der Waals surface area contributed by atoms with E-state index in [0.717, 1.165) is 5.69 Å². The van der Waals surface area contributed by atoms with Gasteiger partial charge in [0, 0.05) is 6.20 Å². The maximum atomic E-state index is 12.0. The molecule has 0 saturated heterocycles. The number of hydrogen-bond donors (Lipinski definition) is 3. The zero-order valence-corrected chi connectivity index (χ0v) is 9.80. The smallest absolute Gasteiger partial charge is 0.307 e. The molecule has 0 aliphatic heterocycles. The number of allylic oxidation sites excluding steroid dienone is 2. The molecular formula is C12H15N3O3. The van der Waals surface area contributed by atoms with Crippen LogP contribution in [0.1, 0.15) is 18.5 Å². The van der Waals surface area contributed by atoms with E-state index in [4.69, 9.17) is 5.11 Å². The van der Waals surface area contributed by atoms with Crippen LogP contribution in [0.2, 0.25) is 0 Å². The Balaban J connectivity index is 1.94. The van der Waals surface area contributed by atoms with Gasteiger partial charge < -0.3 is 10.4 Å². The first kappa shape index (κ1) is 12.3. The second-order valence-electron chi connectivity index (χ2n) is 4.29. The molecule has 0 spiro atoms. The van der Waals surface area contributed by atoms with Gasteiger partial charge in [0.2, 0.25) is 5.91 Å². The number of carbonyl (C=O) groups excluding carboxylic acids is 1. The van der Waals surface area contributed by atoms with Gasteiger partial charge in [-0.2, -0.15) is 5.10 Å². The number of aliphatic carboxylic acids is 1. The van der Waals surface area contributed by atoms with Crippen LogP contribution in [-0.4, -0.2) is 27.2 Å². The second kappa shape index (κ2) is 5.48. The molecular weight excluding hydrogens is 234 g/mol. The minimum Gasteiger partial charge on any atom is -0.481 e. The van der Waals surface area contributed by atoms with Crippen molar-refractivity contribution in [1.82, 2.24) is 15.5 Å². The lowest BCUT2D eigenvalue weighted by Gasteiger charge is -2.24. The van der Waals surface area contributed by atoms with Gasteiger partial charge in [-0.1, -0.05) is 12.2 Å². The summed E-state index contributed by atoms with van der Waals surface area (Å²) in [4.78, 5) is 23.0. The van der Waals surface area contributed by atoms with Crippen LogP contribution in [0.3, 0.4) is 0 Å². The molecule has 1 aliphatic carbocycles. The number of aromatic amines is 1. The van der Waals surface area contributed by atoms with Crippen molar-refractivity contribution in [2.45, 2.75) is 19.4 Å². The minimum atomic E-state index is -0.916. The van der Waals surface area contributed by atoms with Crippen molar-refractivity contribution in [3.05, 3.63) is 30.1 Å². The lowest BCUT2D eigenvalue weighted by molar-refractivity contribution is -0.147.